The monoisotopic (exact) mass is 275 g/mol. The van der Waals surface area contributed by atoms with Crippen molar-refractivity contribution in [2.45, 2.75) is 37.9 Å². The number of ether oxygens (including phenoxy) is 1. The Balaban J connectivity index is 1.78. The van der Waals surface area contributed by atoms with E-state index in [2.05, 4.69) is 0 Å². The molecule has 1 saturated heterocycles. The summed E-state index contributed by atoms with van der Waals surface area (Å²) in [5.41, 5.74) is 2.10. The molecule has 1 aromatic rings. The molecule has 2 aliphatic rings. The molecule has 0 saturated carbocycles. The summed E-state index contributed by atoms with van der Waals surface area (Å²) >= 11 is 0. The molecule has 2 atom stereocenters. The number of benzene rings is 1. The van der Waals surface area contributed by atoms with Crippen molar-refractivity contribution < 1.29 is 19.4 Å². The topological polar surface area (TPSA) is 66.8 Å². The lowest BCUT2D eigenvalue weighted by atomic mass is 10.0. The van der Waals surface area contributed by atoms with Crippen LogP contribution in [0.2, 0.25) is 0 Å². The second-order valence-electron chi connectivity index (χ2n) is 5.25. The van der Waals surface area contributed by atoms with E-state index in [9.17, 15) is 9.59 Å². The second-order valence-corrected chi connectivity index (χ2v) is 5.25. The Morgan fingerprint density at radius 3 is 2.70 bits per heavy atom. The Bertz CT molecular complexity index is 542. The molecule has 0 radical (unpaired) electrons. The van der Waals surface area contributed by atoms with E-state index in [1.807, 2.05) is 24.3 Å². The van der Waals surface area contributed by atoms with Crippen molar-refractivity contribution in [3.8, 4) is 0 Å². The number of rotatable bonds is 2. The molecule has 20 heavy (non-hydrogen) atoms. The first kappa shape index (κ1) is 13.1. The van der Waals surface area contributed by atoms with Gasteiger partial charge in [0.2, 0.25) is 0 Å². The van der Waals surface area contributed by atoms with Crippen LogP contribution in [0.15, 0.2) is 24.3 Å². The zero-order chi connectivity index (χ0) is 14.1. The number of anilines is 1. The number of carboxylic acids is 1. The fraction of sp³-hybridized carbons (Fsp3) is 0.467. The van der Waals surface area contributed by atoms with Gasteiger partial charge in [-0.3, -0.25) is 4.79 Å². The highest BCUT2D eigenvalue weighted by Gasteiger charge is 2.38. The third kappa shape index (κ3) is 2.29. The van der Waals surface area contributed by atoms with Crippen LogP contribution in [-0.2, 0) is 20.7 Å². The van der Waals surface area contributed by atoms with Crippen molar-refractivity contribution in [1.82, 2.24) is 0 Å². The maximum Gasteiger partial charge on any atom is 0.332 e. The Kier molecular flexibility index (Phi) is 3.44. The smallest absolute Gasteiger partial charge is 0.332 e. The zero-order valence-corrected chi connectivity index (χ0v) is 11.1. The number of carboxylic acid groups (broad SMARTS) is 1. The van der Waals surface area contributed by atoms with Gasteiger partial charge in [0.1, 0.15) is 6.10 Å². The highest BCUT2D eigenvalue weighted by Crippen LogP contribution is 2.30. The first-order chi connectivity index (χ1) is 9.66. The van der Waals surface area contributed by atoms with Crippen LogP contribution < -0.4 is 4.90 Å². The fourth-order valence-electron chi connectivity index (χ4n) is 2.94. The van der Waals surface area contributed by atoms with Gasteiger partial charge in [-0.1, -0.05) is 18.2 Å². The number of amides is 1. The predicted molar refractivity (Wildman–Crippen MR) is 72.6 cm³/mol. The number of nitrogens with zero attached hydrogens (tertiary/aromatic N) is 1. The zero-order valence-electron chi connectivity index (χ0n) is 11.1. The van der Waals surface area contributed by atoms with Crippen LogP contribution in [0.3, 0.4) is 0 Å². The van der Waals surface area contributed by atoms with Crippen LogP contribution in [0.1, 0.15) is 24.8 Å². The quantitative estimate of drug-likeness (QED) is 0.890. The van der Waals surface area contributed by atoms with Crippen molar-refractivity contribution in [1.29, 1.82) is 0 Å². The Labute approximate surface area is 117 Å². The number of hydrogen-bond acceptors (Lipinski definition) is 3. The summed E-state index contributed by atoms with van der Waals surface area (Å²) < 4.78 is 5.36. The lowest BCUT2D eigenvalue weighted by molar-refractivity contribution is -0.151. The summed E-state index contributed by atoms with van der Waals surface area (Å²) in [7, 11) is 0. The van der Waals surface area contributed by atoms with Crippen LogP contribution in [0.5, 0.6) is 0 Å². The lowest BCUT2D eigenvalue weighted by Crippen LogP contribution is -2.42. The summed E-state index contributed by atoms with van der Waals surface area (Å²) in [6.07, 6.45) is 1.32. The van der Waals surface area contributed by atoms with E-state index in [1.165, 1.54) is 5.56 Å². The third-order valence-electron chi connectivity index (χ3n) is 3.95. The molecule has 2 aliphatic heterocycles. The number of carbonyl (C=O) groups is 2. The van der Waals surface area contributed by atoms with E-state index in [0.29, 0.717) is 19.4 Å². The first-order valence-electron chi connectivity index (χ1n) is 6.94. The molecule has 5 nitrogen and oxygen atoms in total. The molecule has 106 valence electrons. The van der Waals surface area contributed by atoms with Crippen molar-refractivity contribution in [3.05, 3.63) is 29.8 Å². The van der Waals surface area contributed by atoms with Crippen LogP contribution in [0.4, 0.5) is 5.69 Å². The van der Waals surface area contributed by atoms with Crippen molar-refractivity contribution in [3.63, 3.8) is 0 Å². The molecule has 0 spiro atoms. The van der Waals surface area contributed by atoms with E-state index in [4.69, 9.17) is 9.84 Å². The van der Waals surface area contributed by atoms with E-state index in [-0.39, 0.29) is 5.91 Å². The van der Waals surface area contributed by atoms with Gasteiger partial charge in [0.15, 0.2) is 6.10 Å². The van der Waals surface area contributed by atoms with Crippen molar-refractivity contribution in [2.75, 3.05) is 11.4 Å². The van der Waals surface area contributed by atoms with E-state index < -0.39 is 18.2 Å². The Hall–Kier alpha value is -1.88. The second kappa shape index (κ2) is 5.25. The standard InChI is InChI=1S/C15H17NO4/c17-14(12-7-8-13(20-12)15(18)19)16-9-3-5-10-4-1-2-6-11(10)16/h1-2,4,6,12-13H,3,5,7-9H2,(H,18,19). The molecule has 1 amide bonds. The van der Waals surface area contributed by atoms with Crippen LogP contribution in [-0.4, -0.2) is 35.7 Å². The number of aliphatic carboxylic acids is 1. The van der Waals surface area contributed by atoms with Gasteiger partial charge in [-0.05, 0) is 37.3 Å². The molecule has 1 aromatic carbocycles. The molecule has 1 fully saturated rings. The first-order valence-corrected chi connectivity index (χ1v) is 6.94. The summed E-state index contributed by atoms with van der Waals surface area (Å²) in [6, 6.07) is 7.86. The number of hydrogen-bond donors (Lipinski definition) is 1. The number of fused-ring (bicyclic) bond motifs is 1. The van der Waals surface area contributed by atoms with Gasteiger partial charge in [-0.15, -0.1) is 0 Å². The minimum Gasteiger partial charge on any atom is -0.479 e. The van der Waals surface area contributed by atoms with E-state index in [1.54, 1.807) is 4.90 Å². The molecule has 0 aromatic heterocycles. The molecule has 1 N–H and O–H groups in total. The Morgan fingerprint density at radius 1 is 1.20 bits per heavy atom. The van der Waals surface area contributed by atoms with Gasteiger partial charge in [-0.2, -0.15) is 0 Å². The van der Waals surface area contributed by atoms with Gasteiger partial charge in [0.05, 0.1) is 0 Å². The summed E-state index contributed by atoms with van der Waals surface area (Å²) in [4.78, 5) is 25.2. The fourth-order valence-corrected chi connectivity index (χ4v) is 2.94. The Morgan fingerprint density at radius 2 is 1.95 bits per heavy atom. The van der Waals surface area contributed by atoms with Crippen LogP contribution in [0.25, 0.3) is 0 Å². The maximum absolute atomic E-state index is 12.5. The largest absolute Gasteiger partial charge is 0.479 e. The SMILES string of the molecule is O=C(O)C1CCC(C(=O)N2CCCc3ccccc32)O1. The summed E-state index contributed by atoms with van der Waals surface area (Å²) in [6.45, 7) is 0.674. The minimum absolute atomic E-state index is 0.110. The summed E-state index contributed by atoms with van der Waals surface area (Å²) in [5, 5.41) is 8.93. The maximum atomic E-state index is 12.5. The van der Waals surface area contributed by atoms with Gasteiger partial charge < -0.3 is 14.7 Å². The number of para-hydroxylation sites is 1. The molecule has 2 unspecified atom stereocenters. The van der Waals surface area contributed by atoms with Crippen molar-refractivity contribution >= 4 is 17.6 Å². The van der Waals surface area contributed by atoms with E-state index >= 15 is 0 Å². The van der Waals surface area contributed by atoms with Crippen LogP contribution >= 0.6 is 0 Å². The van der Waals surface area contributed by atoms with Crippen molar-refractivity contribution in [2.24, 2.45) is 0 Å². The molecule has 0 bridgehead atoms. The summed E-state index contributed by atoms with van der Waals surface area (Å²) in [5.74, 6) is -1.10. The molecule has 0 aliphatic carbocycles. The normalized spacial score (nSPS) is 25.3. The molecular weight excluding hydrogens is 258 g/mol. The average molecular weight is 275 g/mol. The highest BCUT2D eigenvalue weighted by atomic mass is 16.5. The number of carbonyl (C=O) groups excluding carboxylic acids is 1. The molecular formula is C15H17NO4. The van der Waals surface area contributed by atoms with Gasteiger partial charge in [0, 0.05) is 12.2 Å². The third-order valence-corrected chi connectivity index (χ3v) is 3.95. The van der Waals surface area contributed by atoms with Crippen LogP contribution in [0, 0.1) is 0 Å². The minimum atomic E-state index is -0.987. The average Bonchev–Trinajstić information content (AvgIpc) is 2.96. The molecule has 3 rings (SSSR count). The predicted octanol–water partition coefficient (Wildman–Crippen LogP) is 1.60. The molecule has 2 heterocycles. The highest BCUT2D eigenvalue weighted by molar-refractivity contribution is 5.98. The van der Waals surface area contributed by atoms with Gasteiger partial charge >= 0.3 is 5.97 Å². The van der Waals surface area contributed by atoms with E-state index in [0.717, 1.165) is 18.5 Å². The van der Waals surface area contributed by atoms with Gasteiger partial charge in [-0.25, -0.2) is 4.79 Å². The van der Waals surface area contributed by atoms with Gasteiger partial charge in [0.25, 0.3) is 5.91 Å². The molecule has 5 heteroatoms. The number of aryl methyl sites for hydroxylation is 1. The lowest BCUT2D eigenvalue weighted by Gasteiger charge is -2.31.